The molecule has 1 aliphatic rings. The minimum absolute atomic E-state index is 0.0502. The van der Waals surface area contributed by atoms with Crippen molar-refractivity contribution in [1.82, 2.24) is 0 Å². The van der Waals surface area contributed by atoms with Gasteiger partial charge in [0.2, 0.25) is 5.91 Å². The number of anilines is 1. The molecule has 0 aliphatic carbocycles. The average Bonchev–Trinajstić information content (AvgIpc) is 2.87. The van der Waals surface area contributed by atoms with Crippen LogP contribution in [-0.2, 0) is 10.2 Å². The maximum atomic E-state index is 12.9. The Morgan fingerprint density at radius 2 is 1.87 bits per heavy atom. The minimum atomic E-state index is -0.794. The number of hydrogen-bond acceptors (Lipinski definition) is 3. The van der Waals surface area contributed by atoms with E-state index in [1.54, 1.807) is 20.3 Å². The Labute approximate surface area is 135 Å². The average molecular weight is 309 g/mol. The fraction of sp³-hybridized carbons (Fsp3) is 0.211. The van der Waals surface area contributed by atoms with Gasteiger partial charge >= 0.3 is 0 Å². The molecule has 1 N–H and O–H groups in total. The smallest absolute Gasteiger partial charge is 0.239 e. The number of carbonyl (C=O) groups is 1. The highest BCUT2D eigenvalue weighted by Gasteiger charge is 2.47. The van der Waals surface area contributed by atoms with Crippen LogP contribution in [-0.4, -0.2) is 20.1 Å². The van der Waals surface area contributed by atoms with Gasteiger partial charge in [-0.3, -0.25) is 4.79 Å². The lowest BCUT2D eigenvalue weighted by atomic mass is 9.73. The Balaban J connectivity index is 2.24. The predicted octanol–water partition coefficient (Wildman–Crippen LogP) is 3.52. The minimum Gasteiger partial charge on any atom is -0.493 e. The van der Waals surface area contributed by atoms with Gasteiger partial charge < -0.3 is 14.8 Å². The molecule has 4 heteroatoms. The molecule has 0 bridgehead atoms. The zero-order valence-corrected chi connectivity index (χ0v) is 13.3. The summed E-state index contributed by atoms with van der Waals surface area (Å²) in [4.78, 5) is 12.9. The molecule has 1 amide bonds. The number of fused-ring (bicyclic) bond motifs is 1. The number of hydrogen-bond donors (Lipinski definition) is 1. The van der Waals surface area contributed by atoms with Gasteiger partial charge in [0.25, 0.3) is 0 Å². The van der Waals surface area contributed by atoms with Crippen molar-refractivity contribution < 1.29 is 14.3 Å². The fourth-order valence-electron chi connectivity index (χ4n) is 3.24. The predicted molar refractivity (Wildman–Crippen MR) is 90.2 cm³/mol. The van der Waals surface area contributed by atoms with Crippen molar-refractivity contribution in [3.8, 4) is 11.5 Å². The zero-order valence-electron chi connectivity index (χ0n) is 13.3. The number of rotatable bonds is 5. The summed E-state index contributed by atoms with van der Waals surface area (Å²) >= 11 is 0. The standard InChI is InChI=1S/C19H19NO3/c1-4-11-19(13-9-10-16(22-2)17(12-13)23-3)14-7-5-6-8-15(14)20-18(19)21/h4-10,12H,1,11H2,2-3H3,(H,20,21). The van der Waals surface area contributed by atoms with E-state index in [-0.39, 0.29) is 5.91 Å². The molecule has 1 unspecified atom stereocenters. The van der Waals surface area contributed by atoms with Crippen LogP contribution >= 0.6 is 0 Å². The van der Waals surface area contributed by atoms with E-state index in [1.807, 2.05) is 42.5 Å². The van der Waals surface area contributed by atoms with Crippen LogP contribution in [0.5, 0.6) is 11.5 Å². The topological polar surface area (TPSA) is 47.6 Å². The Bertz CT molecular complexity index is 769. The van der Waals surface area contributed by atoms with Gasteiger partial charge in [-0.15, -0.1) is 6.58 Å². The summed E-state index contributed by atoms with van der Waals surface area (Å²) in [7, 11) is 3.18. The zero-order chi connectivity index (χ0) is 16.4. The van der Waals surface area contributed by atoms with Gasteiger partial charge in [-0.1, -0.05) is 30.3 Å². The summed E-state index contributed by atoms with van der Waals surface area (Å²) in [5.74, 6) is 1.19. The van der Waals surface area contributed by atoms with Gasteiger partial charge in [0.1, 0.15) is 5.41 Å². The van der Waals surface area contributed by atoms with Gasteiger partial charge in [-0.25, -0.2) is 0 Å². The molecule has 0 saturated carbocycles. The summed E-state index contributed by atoms with van der Waals surface area (Å²) in [5, 5.41) is 2.98. The lowest BCUT2D eigenvalue weighted by molar-refractivity contribution is -0.119. The van der Waals surface area contributed by atoms with Crippen LogP contribution < -0.4 is 14.8 Å². The number of nitrogens with one attached hydrogen (secondary N) is 1. The van der Waals surface area contributed by atoms with Crippen molar-refractivity contribution in [3.05, 3.63) is 66.2 Å². The maximum absolute atomic E-state index is 12.9. The van der Waals surface area contributed by atoms with Gasteiger partial charge in [0.05, 0.1) is 14.2 Å². The van der Waals surface area contributed by atoms with E-state index >= 15 is 0 Å². The van der Waals surface area contributed by atoms with Crippen molar-refractivity contribution in [2.24, 2.45) is 0 Å². The van der Waals surface area contributed by atoms with Crippen molar-refractivity contribution in [3.63, 3.8) is 0 Å². The van der Waals surface area contributed by atoms with Crippen molar-refractivity contribution in [2.75, 3.05) is 19.5 Å². The number of para-hydroxylation sites is 1. The summed E-state index contributed by atoms with van der Waals surface area (Å²) in [5.41, 5.74) is 1.86. The Morgan fingerprint density at radius 3 is 2.57 bits per heavy atom. The maximum Gasteiger partial charge on any atom is 0.239 e. The number of ether oxygens (including phenoxy) is 2. The Hall–Kier alpha value is -2.75. The Morgan fingerprint density at radius 1 is 1.13 bits per heavy atom. The molecule has 4 nitrogen and oxygen atoms in total. The van der Waals surface area contributed by atoms with E-state index in [9.17, 15) is 4.79 Å². The second kappa shape index (κ2) is 5.80. The summed E-state index contributed by atoms with van der Waals surface area (Å²) in [6.07, 6.45) is 2.28. The molecular formula is C19H19NO3. The first-order valence-electron chi connectivity index (χ1n) is 7.41. The second-order valence-corrected chi connectivity index (χ2v) is 5.47. The number of allylic oxidation sites excluding steroid dienone is 1. The molecule has 0 aromatic heterocycles. The molecule has 3 rings (SSSR count). The summed E-state index contributed by atoms with van der Waals surface area (Å²) in [6, 6.07) is 13.4. The van der Waals surface area contributed by atoms with Crippen LogP contribution in [0.3, 0.4) is 0 Å². The van der Waals surface area contributed by atoms with Crippen molar-refractivity contribution in [2.45, 2.75) is 11.8 Å². The van der Waals surface area contributed by atoms with Crippen LogP contribution in [0.15, 0.2) is 55.1 Å². The molecule has 2 aromatic rings. The third-order valence-corrected chi connectivity index (χ3v) is 4.35. The summed E-state index contributed by atoms with van der Waals surface area (Å²) in [6.45, 7) is 3.84. The van der Waals surface area contributed by atoms with E-state index in [2.05, 4.69) is 11.9 Å². The van der Waals surface area contributed by atoms with Crippen LogP contribution in [0.25, 0.3) is 0 Å². The second-order valence-electron chi connectivity index (χ2n) is 5.47. The highest BCUT2D eigenvalue weighted by molar-refractivity contribution is 6.08. The lowest BCUT2D eigenvalue weighted by Crippen LogP contribution is -2.35. The first-order valence-corrected chi connectivity index (χ1v) is 7.41. The van der Waals surface area contributed by atoms with Gasteiger partial charge in [0, 0.05) is 5.69 Å². The molecule has 0 spiro atoms. The molecular weight excluding hydrogens is 290 g/mol. The van der Waals surface area contributed by atoms with Crippen LogP contribution in [0, 0.1) is 0 Å². The van der Waals surface area contributed by atoms with Crippen LogP contribution in [0.4, 0.5) is 5.69 Å². The molecule has 1 aliphatic heterocycles. The number of amides is 1. The molecule has 0 saturated heterocycles. The van der Waals surface area contributed by atoms with Crippen LogP contribution in [0.2, 0.25) is 0 Å². The van der Waals surface area contributed by atoms with E-state index in [4.69, 9.17) is 9.47 Å². The van der Waals surface area contributed by atoms with E-state index in [0.717, 1.165) is 16.8 Å². The SMILES string of the molecule is C=CCC1(c2ccc(OC)c(OC)c2)C(=O)Nc2ccccc21. The highest BCUT2D eigenvalue weighted by atomic mass is 16.5. The monoisotopic (exact) mass is 309 g/mol. The molecule has 2 aromatic carbocycles. The lowest BCUT2D eigenvalue weighted by Gasteiger charge is -2.27. The molecule has 118 valence electrons. The van der Waals surface area contributed by atoms with E-state index in [1.165, 1.54) is 0 Å². The first kappa shape index (κ1) is 15.2. The normalized spacial score (nSPS) is 19.0. The first-order chi connectivity index (χ1) is 11.2. The van der Waals surface area contributed by atoms with E-state index < -0.39 is 5.41 Å². The molecule has 1 atom stereocenters. The molecule has 23 heavy (non-hydrogen) atoms. The van der Waals surface area contributed by atoms with Gasteiger partial charge in [-0.2, -0.15) is 0 Å². The van der Waals surface area contributed by atoms with Crippen molar-refractivity contribution >= 4 is 11.6 Å². The summed E-state index contributed by atoms with van der Waals surface area (Å²) < 4.78 is 10.7. The fourth-order valence-corrected chi connectivity index (χ4v) is 3.24. The number of carbonyl (C=O) groups excluding carboxylic acids is 1. The molecule has 0 radical (unpaired) electrons. The van der Waals surface area contributed by atoms with Gasteiger partial charge in [-0.05, 0) is 35.7 Å². The van der Waals surface area contributed by atoms with Crippen molar-refractivity contribution in [1.29, 1.82) is 0 Å². The molecule has 0 fully saturated rings. The molecule has 1 heterocycles. The van der Waals surface area contributed by atoms with Crippen LogP contribution in [0.1, 0.15) is 17.5 Å². The third-order valence-electron chi connectivity index (χ3n) is 4.35. The quantitative estimate of drug-likeness (QED) is 0.860. The largest absolute Gasteiger partial charge is 0.493 e. The Kier molecular flexibility index (Phi) is 3.82. The number of benzene rings is 2. The van der Waals surface area contributed by atoms with Gasteiger partial charge in [0.15, 0.2) is 11.5 Å². The van der Waals surface area contributed by atoms with E-state index in [0.29, 0.717) is 17.9 Å². The number of methoxy groups -OCH3 is 2. The highest BCUT2D eigenvalue weighted by Crippen LogP contribution is 2.47. The third kappa shape index (κ3) is 2.18.